The number of hydrogen-bond acceptors (Lipinski definition) is 3. The van der Waals surface area contributed by atoms with Crippen LogP contribution in [-0.4, -0.2) is 22.3 Å². The van der Waals surface area contributed by atoms with Gasteiger partial charge in [-0.2, -0.15) is 5.10 Å². The summed E-state index contributed by atoms with van der Waals surface area (Å²) in [6, 6.07) is 18.1. The Balaban J connectivity index is 1.69. The van der Waals surface area contributed by atoms with E-state index in [2.05, 4.69) is 31.1 Å². The van der Waals surface area contributed by atoms with Crippen molar-refractivity contribution in [2.75, 3.05) is 6.61 Å². The largest absolute Gasteiger partial charge is 0.484 e. The number of nitrogens with zero attached hydrogens (tertiary/aromatic N) is 2. The maximum atomic E-state index is 12.6. The maximum Gasteiger partial charge on any atom is 0.284 e. The summed E-state index contributed by atoms with van der Waals surface area (Å²) >= 11 is 0. The number of hydrogen-bond donors (Lipinski definition) is 0. The van der Waals surface area contributed by atoms with Crippen molar-refractivity contribution in [2.45, 2.75) is 40.0 Å². The molecule has 0 N–H and O–H groups in total. The Labute approximate surface area is 160 Å². The van der Waals surface area contributed by atoms with Crippen LogP contribution in [0.4, 0.5) is 0 Å². The third-order valence-electron chi connectivity index (χ3n) is 4.81. The molecule has 0 aliphatic rings. The fourth-order valence-electron chi connectivity index (χ4n) is 3.13. The molecule has 4 nitrogen and oxygen atoms in total. The molecule has 3 rings (SSSR count). The van der Waals surface area contributed by atoms with Crippen LogP contribution in [0.1, 0.15) is 52.6 Å². The SMILES string of the molecule is Cc1nn(C(=O)COc2ccc(C(C)C)cc2)c(C)c1Cc1ccccc1. The van der Waals surface area contributed by atoms with E-state index >= 15 is 0 Å². The fraction of sp³-hybridized carbons (Fsp3) is 0.304. The molecular formula is C23H26N2O2. The first-order chi connectivity index (χ1) is 13.0. The first kappa shape index (κ1) is 18.9. The lowest BCUT2D eigenvalue weighted by atomic mass is 10.0. The van der Waals surface area contributed by atoms with Crippen LogP contribution in [0.5, 0.6) is 5.75 Å². The van der Waals surface area contributed by atoms with Crippen molar-refractivity contribution in [3.63, 3.8) is 0 Å². The number of benzene rings is 2. The zero-order valence-corrected chi connectivity index (χ0v) is 16.4. The first-order valence-electron chi connectivity index (χ1n) is 9.30. The Hall–Kier alpha value is -2.88. The highest BCUT2D eigenvalue weighted by atomic mass is 16.5. The van der Waals surface area contributed by atoms with Crippen molar-refractivity contribution in [1.82, 2.24) is 9.78 Å². The number of ether oxygens (including phenoxy) is 1. The second kappa shape index (κ2) is 8.21. The van der Waals surface area contributed by atoms with E-state index < -0.39 is 0 Å². The van der Waals surface area contributed by atoms with Crippen molar-refractivity contribution >= 4 is 5.91 Å². The second-order valence-electron chi connectivity index (χ2n) is 7.13. The topological polar surface area (TPSA) is 44.1 Å². The standard InChI is InChI=1S/C23H26N2O2/c1-16(2)20-10-12-21(13-11-20)27-15-23(26)25-18(4)22(17(3)24-25)14-19-8-6-5-7-9-19/h5-13,16H,14-15H2,1-4H3. The Morgan fingerprint density at radius 1 is 1.04 bits per heavy atom. The van der Waals surface area contributed by atoms with Crippen LogP contribution >= 0.6 is 0 Å². The van der Waals surface area contributed by atoms with E-state index in [0.717, 1.165) is 23.4 Å². The van der Waals surface area contributed by atoms with Crippen LogP contribution in [0, 0.1) is 13.8 Å². The average Bonchev–Trinajstić information content (AvgIpc) is 2.95. The van der Waals surface area contributed by atoms with Crippen LogP contribution in [-0.2, 0) is 6.42 Å². The molecule has 0 spiro atoms. The number of aryl methyl sites for hydroxylation is 1. The first-order valence-corrected chi connectivity index (χ1v) is 9.30. The summed E-state index contributed by atoms with van der Waals surface area (Å²) in [5.74, 6) is 1.00. The molecule has 0 fully saturated rings. The molecule has 4 heteroatoms. The molecule has 3 aromatic rings. The highest BCUT2D eigenvalue weighted by Gasteiger charge is 2.17. The number of carbonyl (C=O) groups is 1. The predicted octanol–water partition coefficient (Wildman–Crippen LogP) is 4.93. The zero-order chi connectivity index (χ0) is 19.4. The summed E-state index contributed by atoms with van der Waals surface area (Å²) in [4.78, 5) is 12.6. The molecule has 1 aromatic heterocycles. The minimum Gasteiger partial charge on any atom is -0.484 e. The Morgan fingerprint density at radius 3 is 2.33 bits per heavy atom. The van der Waals surface area contributed by atoms with E-state index in [4.69, 9.17) is 4.74 Å². The summed E-state index contributed by atoms with van der Waals surface area (Å²) < 4.78 is 7.14. The summed E-state index contributed by atoms with van der Waals surface area (Å²) in [5, 5.41) is 4.44. The molecule has 0 aliphatic carbocycles. The van der Waals surface area contributed by atoms with Crippen LogP contribution in [0.2, 0.25) is 0 Å². The van der Waals surface area contributed by atoms with Gasteiger partial charge in [0.2, 0.25) is 0 Å². The van der Waals surface area contributed by atoms with Crippen LogP contribution in [0.3, 0.4) is 0 Å². The van der Waals surface area contributed by atoms with Gasteiger partial charge in [-0.15, -0.1) is 0 Å². The van der Waals surface area contributed by atoms with E-state index in [-0.39, 0.29) is 12.5 Å². The average molecular weight is 362 g/mol. The lowest BCUT2D eigenvalue weighted by molar-refractivity contribution is 0.0818. The molecule has 0 saturated carbocycles. The quantitative estimate of drug-likeness (QED) is 0.624. The van der Waals surface area contributed by atoms with Crippen LogP contribution in [0.25, 0.3) is 0 Å². The van der Waals surface area contributed by atoms with Crippen molar-refractivity contribution in [2.24, 2.45) is 0 Å². The lowest BCUT2D eigenvalue weighted by Crippen LogP contribution is -2.21. The molecule has 0 aliphatic heterocycles. The van der Waals surface area contributed by atoms with Gasteiger partial charge in [0.1, 0.15) is 5.75 Å². The van der Waals surface area contributed by atoms with Gasteiger partial charge in [0.25, 0.3) is 5.91 Å². The highest BCUT2D eigenvalue weighted by Crippen LogP contribution is 2.20. The molecule has 0 unspecified atom stereocenters. The third kappa shape index (κ3) is 4.45. The second-order valence-corrected chi connectivity index (χ2v) is 7.13. The molecule has 0 saturated heterocycles. The molecule has 27 heavy (non-hydrogen) atoms. The Kier molecular flexibility index (Phi) is 5.75. The predicted molar refractivity (Wildman–Crippen MR) is 108 cm³/mol. The minimum absolute atomic E-state index is 0.0340. The molecule has 0 radical (unpaired) electrons. The number of carbonyl (C=O) groups excluding carboxylic acids is 1. The summed E-state index contributed by atoms with van der Waals surface area (Å²) in [5.41, 5.74) is 5.30. The van der Waals surface area contributed by atoms with Crippen molar-refractivity contribution in [3.8, 4) is 5.75 Å². The van der Waals surface area contributed by atoms with E-state index in [1.165, 1.54) is 15.8 Å². The van der Waals surface area contributed by atoms with Crippen molar-refractivity contribution in [3.05, 3.63) is 82.7 Å². The van der Waals surface area contributed by atoms with E-state index in [1.807, 2.05) is 56.3 Å². The van der Waals surface area contributed by atoms with E-state index in [1.54, 1.807) is 0 Å². The van der Waals surface area contributed by atoms with Gasteiger partial charge in [0, 0.05) is 17.7 Å². The molecule has 0 atom stereocenters. The van der Waals surface area contributed by atoms with Gasteiger partial charge in [0.05, 0.1) is 5.69 Å². The van der Waals surface area contributed by atoms with Gasteiger partial charge in [-0.3, -0.25) is 4.79 Å². The van der Waals surface area contributed by atoms with E-state index in [9.17, 15) is 4.79 Å². The third-order valence-corrected chi connectivity index (χ3v) is 4.81. The van der Waals surface area contributed by atoms with Gasteiger partial charge in [-0.05, 0) is 43.0 Å². The van der Waals surface area contributed by atoms with Crippen LogP contribution < -0.4 is 4.74 Å². The zero-order valence-electron chi connectivity index (χ0n) is 16.4. The molecule has 0 amide bonds. The van der Waals surface area contributed by atoms with Crippen LogP contribution in [0.15, 0.2) is 54.6 Å². The minimum atomic E-state index is -0.164. The normalized spacial score (nSPS) is 11.0. The highest BCUT2D eigenvalue weighted by molar-refractivity contribution is 5.80. The lowest BCUT2D eigenvalue weighted by Gasteiger charge is -2.09. The number of aromatic nitrogens is 2. The van der Waals surface area contributed by atoms with E-state index in [0.29, 0.717) is 11.7 Å². The molecule has 2 aromatic carbocycles. The van der Waals surface area contributed by atoms with Gasteiger partial charge in [-0.1, -0.05) is 56.3 Å². The Morgan fingerprint density at radius 2 is 1.70 bits per heavy atom. The van der Waals surface area contributed by atoms with Gasteiger partial charge in [0.15, 0.2) is 6.61 Å². The summed E-state index contributed by atoms with van der Waals surface area (Å²) in [6.07, 6.45) is 0.767. The van der Waals surface area contributed by atoms with Crippen molar-refractivity contribution < 1.29 is 9.53 Å². The smallest absolute Gasteiger partial charge is 0.284 e. The molecular weight excluding hydrogens is 336 g/mol. The van der Waals surface area contributed by atoms with Gasteiger partial charge in [-0.25, -0.2) is 4.68 Å². The molecule has 140 valence electrons. The summed E-state index contributed by atoms with van der Waals surface area (Å²) in [7, 11) is 0. The van der Waals surface area contributed by atoms with Gasteiger partial charge < -0.3 is 4.74 Å². The van der Waals surface area contributed by atoms with Gasteiger partial charge >= 0.3 is 0 Å². The maximum absolute atomic E-state index is 12.6. The number of rotatable bonds is 6. The Bertz CT molecular complexity index is 910. The van der Waals surface area contributed by atoms with Crippen molar-refractivity contribution in [1.29, 1.82) is 0 Å². The monoisotopic (exact) mass is 362 g/mol. The fourth-order valence-corrected chi connectivity index (χ4v) is 3.13. The molecule has 1 heterocycles. The summed E-state index contributed by atoms with van der Waals surface area (Å²) in [6.45, 7) is 8.15. The molecule has 0 bridgehead atoms.